The molecule has 0 bridgehead atoms. The maximum absolute atomic E-state index is 5.69. The van der Waals surface area contributed by atoms with Crippen LogP contribution in [0.15, 0.2) is 4.99 Å². The average molecular weight is 183 g/mol. The number of nitrogens with one attached hydrogen (secondary N) is 1. The van der Waals surface area contributed by atoms with Crippen molar-refractivity contribution < 1.29 is 0 Å². The van der Waals surface area contributed by atoms with E-state index in [0.29, 0.717) is 12.0 Å². The van der Waals surface area contributed by atoms with Crippen molar-refractivity contribution >= 4 is 5.96 Å². The van der Waals surface area contributed by atoms with E-state index in [2.05, 4.69) is 17.2 Å². The number of hydrogen-bond acceptors (Lipinski definition) is 1. The second-order valence-electron chi connectivity index (χ2n) is 3.96. The summed E-state index contributed by atoms with van der Waals surface area (Å²) in [5, 5.41) is 3.27. The quantitative estimate of drug-likeness (QED) is 0.503. The molecule has 13 heavy (non-hydrogen) atoms. The number of hydrogen-bond donors (Lipinski definition) is 2. The van der Waals surface area contributed by atoms with Gasteiger partial charge in [-0.2, -0.15) is 0 Å². The highest BCUT2D eigenvalue weighted by Gasteiger charge is 2.17. The second-order valence-corrected chi connectivity index (χ2v) is 3.96. The lowest BCUT2D eigenvalue weighted by Gasteiger charge is -2.27. The van der Waals surface area contributed by atoms with Crippen molar-refractivity contribution in [3.8, 4) is 0 Å². The van der Waals surface area contributed by atoms with Gasteiger partial charge >= 0.3 is 0 Å². The first-order chi connectivity index (χ1) is 6.22. The normalized spacial score (nSPS) is 30.2. The van der Waals surface area contributed by atoms with Crippen LogP contribution in [0.1, 0.15) is 39.5 Å². The van der Waals surface area contributed by atoms with Gasteiger partial charge in [-0.25, -0.2) is 0 Å². The Morgan fingerprint density at radius 3 is 2.54 bits per heavy atom. The molecule has 0 aromatic carbocycles. The van der Waals surface area contributed by atoms with Gasteiger partial charge in [0.05, 0.1) is 0 Å². The molecule has 0 aromatic heterocycles. The third-order valence-corrected chi connectivity index (χ3v) is 2.70. The molecule has 0 aromatic rings. The fourth-order valence-corrected chi connectivity index (χ4v) is 1.83. The predicted octanol–water partition coefficient (Wildman–Crippen LogP) is 1.49. The van der Waals surface area contributed by atoms with Crippen LogP contribution in [0, 0.1) is 5.92 Å². The Balaban J connectivity index is 2.26. The molecule has 0 amide bonds. The fraction of sp³-hybridized carbons (Fsp3) is 0.900. The van der Waals surface area contributed by atoms with Crippen LogP contribution in [0.25, 0.3) is 0 Å². The Kier molecular flexibility index (Phi) is 4.06. The van der Waals surface area contributed by atoms with Crippen LogP contribution >= 0.6 is 0 Å². The summed E-state index contributed by atoms with van der Waals surface area (Å²) in [4.78, 5) is 4.12. The molecule has 1 fully saturated rings. The molecule has 0 heterocycles. The van der Waals surface area contributed by atoms with Crippen molar-refractivity contribution in [2.24, 2.45) is 16.6 Å². The first kappa shape index (κ1) is 10.4. The van der Waals surface area contributed by atoms with Crippen LogP contribution in [0.5, 0.6) is 0 Å². The Morgan fingerprint density at radius 2 is 2.00 bits per heavy atom. The maximum atomic E-state index is 5.69. The highest BCUT2D eigenvalue weighted by molar-refractivity contribution is 5.78. The molecule has 3 heteroatoms. The van der Waals surface area contributed by atoms with Gasteiger partial charge in [-0.3, -0.25) is 4.99 Å². The third-order valence-electron chi connectivity index (χ3n) is 2.70. The van der Waals surface area contributed by atoms with E-state index >= 15 is 0 Å². The third kappa shape index (κ3) is 3.66. The Hall–Kier alpha value is -0.730. The minimum absolute atomic E-state index is 0.562. The van der Waals surface area contributed by atoms with E-state index in [0.717, 1.165) is 12.5 Å². The van der Waals surface area contributed by atoms with Gasteiger partial charge in [0.25, 0.3) is 0 Å². The molecule has 1 rings (SSSR count). The van der Waals surface area contributed by atoms with Crippen LogP contribution in [-0.2, 0) is 0 Å². The molecule has 0 atom stereocenters. The van der Waals surface area contributed by atoms with Crippen molar-refractivity contribution in [1.82, 2.24) is 5.32 Å². The van der Waals surface area contributed by atoms with Crippen LogP contribution in [0.4, 0.5) is 0 Å². The molecule has 3 nitrogen and oxygen atoms in total. The lowest BCUT2D eigenvalue weighted by atomic mass is 9.87. The van der Waals surface area contributed by atoms with E-state index in [1.54, 1.807) is 0 Å². The molecule has 76 valence electrons. The van der Waals surface area contributed by atoms with Crippen molar-refractivity contribution in [2.75, 3.05) is 6.54 Å². The Labute approximate surface area is 80.8 Å². The van der Waals surface area contributed by atoms with E-state index in [1.807, 2.05) is 6.92 Å². The summed E-state index contributed by atoms with van der Waals surface area (Å²) in [7, 11) is 0. The molecule has 1 saturated carbocycles. The van der Waals surface area contributed by atoms with Gasteiger partial charge in [-0.15, -0.1) is 0 Å². The molecule has 0 unspecified atom stereocenters. The fourth-order valence-electron chi connectivity index (χ4n) is 1.83. The topological polar surface area (TPSA) is 50.4 Å². The molecule has 0 saturated heterocycles. The van der Waals surface area contributed by atoms with E-state index in [1.165, 1.54) is 25.7 Å². The van der Waals surface area contributed by atoms with Gasteiger partial charge in [0.1, 0.15) is 0 Å². The summed E-state index contributed by atoms with van der Waals surface area (Å²) in [6, 6.07) is 0.562. The monoisotopic (exact) mass is 183 g/mol. The van der Waals surface area contributed by atoms with Gasteiger partial charge in [0.15, 0.2) is 5.96 Å². The number of nitrogens with zero attached hydrogens (tertiary/aromatic N) is 1. The van der Waals surface area contributed by atoms with E-state index < -0.39 is 0 Å². The summed E-state index contributed by atoms with van der Waals surface area (Å²) < 4.78 is 0. The smallest absolute Gasteiger partial charge is 0.188 e. The first-order valence-electron chi connectivity index (χ1n) is 5.28. The van der Waals surface area contributed by atoms with Crippen LogP contribution in [-0.4, -0.2) is 18.5 Å². The lowest BCUT2D eigenvalue weighted by molar-refractivity contribution is 0.330. The number of aliphatic imine (C=N–C) groups is 1. The van der Waals surface area contributed by atoms with Gasteiger partial charge in [0, 0.05) is 12.6 Å². The number of nitrogens with two attached hydrogens (primary N) is 1. The molecule has 0 radical (unpaired) electrons. The van der Waals surface area contributed by atoms with Gasteiger partial charge in [0.2, 0.25) is 0 Å². The molecule has 0 spiro atoms. The predicted molar refractivity (Wildman–Crippen MR) is 56.7 cm³/mol. The molecule has 1 aliphatic carbocycles. The SMILES string of the molecule is CCN=C(N)NC1CCC(C)CC1. The highest BCUT2D eigenvalue weighted by atomic mass is 15.1. The Bertz CT molecular complexity index is 169. The summed E-state index contributed by atoms with van der Waals surface area (Å²) in [5.41, 5.74) is 5.69. The highest BCUT2D eigenvalue weighted by Crippen LogP contribution is 2.23. The summed E-state index contributed by atoms with van der Waals surface area (Å²) in [5.74, 6) is 1.50. The van der Waals surface area contributed by atoms with Crippen molar-refractivity contribution in [2.45, 2.75) is 45.6 Å². The van der Waals surface area contributed by atoms with Crippen molar-refractivity contribution in [3.63, 3.8) is 0 Å². The standard InChI is InChI=1S/C10H21N3/c1-3-12-10(11)13-9-6-4-8(2)5-7-9/h8-9H,3-7H2,1-2H3,(H3,11,12,13). The van der Waals surface area contributed by atoms with E-state index in [9.17, 15) is 0 Å². The second kappa shape index (κ2) is 5.10. The molecular formula is C10H21N3. The van der Waals surface area contributed by atoms with Crippen LogP contribution < -0.4 is 11.1 Å². The van der Waals surface area contributed by atoms with Crippen LogP contribution in [0.2, 0.25) is 0 Å². The largest absolute Gasteiger partial charge is 0.370 e. The summed E-state index contributed by atoms with van der Waals surface area (Å²) in [6.45, 7) is 5.08. The van der Waals surface area contributed by atoms with Crippen molar-refractivity contribution in [1.29, 1.82) is 0 Å². The van der Waals surface area contributed by atoms with E-state index in [4.69, 9.17) is 5.73 Å². The minimum atomic E-state index is 0.562. The zero-order valence-electron chi connectivity index (χ0n) is 8.71. The molecule has 1 aliphatic rings. The first-order valence-corrected chi connectivity index (χ1v) is 5.28. The molecule has 0 aliphatic heterocycles. The zero-order valence-corrected chi connectivity index (χ0v) is 8.71. The maximum Gasteiger partial charge on any atom is 0.188 e. The van der Waals surface area contributed by atoms with E-state index in [-0.39, 0.29) is 0 Å². The molecular weight excluding hydrogens is 162 g/mol. The number of guanidine groups is 1. The zero-order chi connectivity index (χ0) is 9.68. The minimum Gasteiger partial charge on any atom is -0.370 e. The van der Waals surface area contributed by atoms with Gasteiger partial charge in [-0.1, -0.05) is 6.92 Å². The average Bonchev–Trinajstić information content (AvgIpc) is 2.09. The van der Waals surface area contributed by atoms with Crippen molar-refractivity contribution in [3.05, 3.63) is 0 Å². The van der Waals surface area contributed by atoms with Gasteiger partial charge in [-0.05, 0) is 38.5 Å². The summed E-state index contributed by atoms with van der Waals surface area (Å²) >= 11 is 0. The molecule has 3 N–H and O–H groups in total. The summed E-state index contributed by atoms with van der Waals surface area (Å²) in [6.07, 6.45) is 5.11. The number of rotatable bonds is 2. The van der Waals surface area contributed by atoms with Crippen LogP contribution in [0.3, 0.4) is 0 Å². The Morgan fingerprint density at radius 1 is 1.38 bits per heavy atom. The van der Waals surface area contributed by atoms with Gasteiger partial charge < -0.3 is 11.1 Å². The lowest BCUT2D eigenvalue weighted by Crippen LogP contribution is -2.41.